The molecule has 0 amide bonds. The van der Waals surface area contributed by atoms with E-state index in [-0.39, 0.29) is 0 Å². The van der Waals surface area contributed by atoms with Crippen LogP contribution in [0.4, 0.5) is 0 Å². The van der Waals surface area contributed by atoms with E-state index in [1.807, 2.05) is 81.5 Å². The fourth-order valence-electron chi connectivity index (χ4n) is 3.78. The average Bonchev–Trinajstić information content (AvgIpc) is 2.80. The number of nitriles is 1. The van der Waals surface area contributed by atoms with Crippen LogP contribution in [-0.4, -0.2) is 17.1 Å². The lowest BCUT2D eigenvalue weighted by Gasteiger charge is -2.15. The third-order valence-electron chi connectivity index (χ3n) is 5.71. The average molecular weight is 425 g/mol. The minimum Gasteiger partial charge on any atom is -0.480 e. The van der Waals surface area contributed by atoms with E-state index in [9.17, 15) is 15.2 Å². The number of carboxylic acid groups (broad SMARTS) is 1. The highest BCUT2D eigenvalue weighted by molar-refractivity contribution is 5.81. The maximum absolute atomic E-state index is 11.2. The summed E-state index contributed by atoms with van der Waals surface area (Å²) >= 11 is 0. The van der Waals surface area contributed by atoms with Gasteiger partial charge in [0.25, 0.3) is 0 Å². The van der Waals surface area contributed by atoms with Crippen LogP contribution in [0.5, 0.6) is 0 Å². The van der Waals surface area contributed by atoms with E-state index in [1.165, 1.54) is 0 Å². The molecule has 162 valence electrons. The predicted octanol–water partition coefficient (Wildman–Crippen LogP) is 5.97. The summed E-state index contributed by atoms with van der Waals surface area (Å²) in [6.07, 6.45) is 4.57. The van der Waals surface area contributed by atoms with E-state index in [0.717, 1.165) is 38.9 Å². The molecule has 4 heteroatoms. The molecule has 2 N–H and O–H groups in total. The number of aliphatic carboxylic acids is 1. The molecule has 1 unspecified atom stereocenters. The number of hydrogen-bond acceptors (Lipinski definition) is 3. The molecule has 0 fully saturated rings. The number of carboxylic acids is 1. The first-order chi connectivity index (χ1) is 15.4. The Morgan fingerprint density at radius 3 is 2.41 bits per heavy atom. The van der Waals surface area contributed by atoms with Gasteiger partial charge in [-0.3, -0.25) is 4.79 Å². The Morgan fingerprint density at radius 1 is 1.03 bits per heavy atom. The van der Waals surface area contributed by atoms with Crippen LogP contribution in [0, 0.1) is 25.2 Å². The number of nitrogens with one attached hydrogen (secondary N) is 1. The van der Waals surface area contributed by atoms with Crippen molar-refractivity contribution >= 4 is 18.1 Å². The Bertz CT molecular complexity index is 1170. The van der Waals surface area contributed by atoms with E-state index in [0.29, 0.717) is 18.5 Å². The predicted molar refractivity (Wildman–Crippen MR) is 130 cm³/mol. The zero-order valence-corrected chi connectivity index (χ0v) is 18.7. The van der Waals surface area contributed by atoms with Crippen molar-refractivity contribution in [3.63, 3.8) is 0 Å². The fourth-order valence-corrected chi connectivity index (χ4v) is 3.78. The second-order valence-corrected chi connectivity index (χ2v) is 7.90. The van der Waals surface area contributed by atoms with Crippen LogP contribution in [0.2, 0.25) is 0 Å². The van der Waals surface area contributed by atoms with Crippen LogP contribution in [0.3, 0.4) is 0 Å². The largest absolute Gasteiger partial charge is 0.480 e. The third-order valence-corrected chi connectivity index (χ3v) is 5.71. The number of hydrogen-bond donors (Lipinski definition) is 2. The minimum absolute atomic E-state index is 0.513. The fraction of sp³-hybridized carbons (Fsp3) is 0.214. The van der Waals surface area contributed by atoms with Crippen LogP contribution in [0.1, 0.15) is 46.7 Å². The van der Waals surface area contributed by atoms with Crippen molar-refractivity contribution in [1.82, 2.24) is 5.32 Å². The number of aryl methyl sites for hydroxylation is 2. The van der Waals surface area contributed by atoms with Crippen molar-refractivity contribution in [2.45, 2.75) is 39.8 Å². The van der Waals surface area contributed by atoms with Gasteiger partial charge < -0.3 is 10.4 Å². The number of nitrogens with zero attached hydrogens (tertiary/aromatic N) is 1. The number of benzene rings is 3. The summed E-state index contributed by atoms with van der Waals surface area (Å²) in [6.45, 7) is 6.45. The Morgan fingerprint density at radius 2 is 1.75 bits per heavy atom. The van der Waals surface area contributed by atoms with E-state index in [2.05, 4.69) is 23.5 Å². The topological polar surface area (TPSA) is 73.1 Å². The molecule has 0 aliphatic carbocycles. The second kappa shape index (κ2) is 10.6. The van der Waals surface area contributed by atoms with Crippen molar-refractivity contribution in [1.29, 1.82) is 5.26 Å². The van der Waals surface area contributed by atoms with Crippen molar-refractivity contribution in [2.75, 3.05) is 0 Å². The maximum atomic E-state index is 11.2. The van der Waals surface area contributed by atoms with Crippen LogP contribution < -0.4 is 5.32 Å². The van der Waals surface area contributed by atoms with Crippen molar-refractivity contribution < 1.29 is 9.90 Å². The van der Waals surface area contributed by atoms with Crippen molar-refractivity contribution in [2.24, 2.45) is 0 Å². The number of carbonyl (C=O) groups is 1. The van der Waals surface area contributed by atoms with Crippen LogP contribution in [-0.2, 0) is 11.3 Å². The first-order valence-corrected chi connectivity index (χ1v) is 10.8. The summed E-state index contributed by atoms with van der Waals surface area (Å²) in [5, 5.41) is 22.2. The molecule has 3 aromatic rings. The molecule has 0 saturated heterocycles. The van der Waals surface area contributed by atoms with E-state index >= 15 is 0 Å². The van der Waals surface area contributed by atoms with Gasteiger partial charge in [-0.25, -0.2) is 0 Å². The van der Waals surface area contributed by atoms with Gasteiger partial charge in [-0.1, -0.05) is 79.7 Å². The highest BCUT2D eigenvalue weighted by atomic mass is 16.4. The minimum atomic E-state index is -0.826. The molecule has 0 saturated carbocycles. The molecule has 0 spiro atoms. The number of rotatable bonds is 8. The third kappa shape index (κ3) is 5.32. The van der Waals surface area contributed by atoms with Gasteiger partial charge >= 0.3 is 5.97 Å². The first-order valence-electron chi connectivity index (χ1n) is 10.8. The molecule has 0 bridgehead atoms. The first kappa shape index (κ1) is 23.0. The summed E-state index contributed by atoms with van der Waals surface area (Å²) in [5.74, 6) is -0.826. The van der Waals surface area contributed by atoms with Crippen LogP contribution in [0.25, 0.3) is 23.3 Å². The van der Waals surface area contributed by atoms with Crippen LogP contribution >= 0.6 is 0 Å². The van der Waals surface area contributed by atoms with Gasteiger partial charge in [0.2, 0.25) is 0 Å². The van der Waals surface area contributed by atoms with Gasteiger partial charge in [-0.05, 0) is 53.6 Å². The lowest BCUT2D eigenvalue weighted by molar-refractivity contribution is -0.139. The Balaban J connectivity index is 1.87. The summed E-state index contributed by atoms with van der Waals surface area (Å²) in [6, 6.07) is 21.9. The lowest BCUT2D eigenvalue weighted by atomic mass is 9.94. The summed E-state index contributed by atoms with van der Waals surface area (Å²) in [4.78, 5) is 11.2. The van der Waals surface area contributed by atoms with Gasteiger partial charge in [0.05, 0.1) is 5.56 Å². The normalized spacial score (nSPS) is 11.9. The Hall–Kier alpha value is -3.68. The van der Waals surface area contributed by atoms with Gasteiger partial charge in [0.1, 0.15) is 12.1 Å². The molecule has 0 heterocycles. The molecule has 0 aromatic heterocycles. The quantitative estimate of drug-likeness (QED) is 0.437. The standard InChI is InChI=1S/C28H28N2O2/c1-4-27(28(31)32)30-18-24-16-19(2)23(15-20(24)3)14-13-22-11-8-12-25(26(22)17-29)21-9-6-5-7-10-21/h5-16,27,30H,4,18H2,1-3H3,(H,31,32)/b14-13+. The summed E-state index contributed by atoms with van der Waals surface area (Å²) in [5.41, 5.74) is 7.84. The molecule has 3 rings (SSSR count). The van der Waals surface area contributed by atoms with Gasteiger partial charge in [0.15, 0.2) is 0 Å². The van der Waals surface area contributed by atoms with E-state index in [4.69, 9.17) is 0 Å². The molecule has 0 radical (unpaired) electrons. The summed E-state index contributed by atoms with van der Waals surface area (Å²) in [7, 11) is 0. The summed E-state index contributed by atoms with van der Waals surface area (Å²) < 4.78 is 0. The second-order valence-electron chi connectivity index (χ2n) is 7.90. The molecular formula is C28H28N2O2. The monoisotopic (exact) mass is 424 g/mol. The molecule has 32 heavy (non-hydrogen) atoms. The molecule has 0 aliphatic rings. The van der Waals surface area contributed by atoms with Gasteiger partial charge in [-0.2, -0.15) is 5.26 Å². The molecular weight excluding hydrogens is 396 g/mol. The zero-order valence-electron chi connectivity index (χ0n) is 18.7. The van der Waals surface area contributed by atoms with Crippen LogP contribution in [0.15, 0.2) is 60.7 Å². The molecule has 1 atom stereocenters. The molecule has 4 nitrogen and oxygen atoms in total. The Kier molecular flexibility index (Phi) is 7.59. The smallest absolute Gasteiger partial charge is 0.320 e. The van der Waals surface area contributed by atoms with Gasteiger partial charge in [-0.15, -0.1) is 0 Å². The highest BCUT2D eigenvalue weighted by Crippen LogP contribution is 2.27. The van der Waals surface area contributed by atoms with E-state index < -0.39 is 12.0 Å². The maximum Gasteiger partial charge on any atom is 0.320 e. The molecule has 3 aromatic carbocycles. The SMILES string of the molecule is CCC(NCc1cc(C)c(/C=C/c2cccc(-c3ccccc3)c2C#N)cc1C)C(=O)O. The molecule has 0 aliphatic heterocycles. The van der Waals surface area contributed by atoms with Gasteiger partial charge in [0, 0.05) is 12.1 Å². The Labute approximate surface area is 189 Å². The highest BCUT2D eigenvalue weighted by Gasteiger charge is 2.14. The zero-order chi connectivity index (χ0) is 23.1. The van der Waals surface area contributed by atoms with E-state index in [1.54, 1.807) is 0 Å². The van der Waals surface area contributed by atoms with Crippen molar-refractivity contribution in [3.05, 3.63) is 94.0 Å². The van der Waals surface area contributed by atoms with Crippen molar-refractivity contribution in [3.8, 4) is 17.2 Å². The lowest BCUT2D eigenvalue weighted by Crippen LogP contribution is -2.35.